The standard InChI is InChI=1S/C14H28N2O/c1-3-5-10-16(11-6-4-2)13(17)14(12-15)8-7-9-14/h3-12,15H2,1-2H3. The molecule has 0 heterocycles. The van der Waals surface area contributed by atoms with Crippen molar-refractivity contribution in [3.05, 3.63) is 0 Å². The Hall–Kier alpha value is -0.570. The van der Waals surface area contributed by atoms with Crippen LogP contribution < -0.4 is 5.73 Å². The normalized spacial score (nSPS) is 17.6. The number of hydrogen-bond donors (Lipinski definition) is 1. The predicted molar refractivity (Wildman–Crippen MR) is 71.7 cm³/mol. The molecule has 0 aromatic heterocycles. The molecule has 0 radical (unpaired) electrons. The molecule has 0 saturated heterocycles. The van der Waals surface area contributed by atoms with Crippen molar-refractivity contribution in [1.29, 1.82) is 0 Å². The topological polar surface area (TPSA) is 46.3 Å². The average molecular weight is 240 g/mol. The van der Waals surface area contributed by atoms with E-state index >= 15 is 0 Å². The van der Waals surface area contributed by atoms with Crippen LogP contribution in [0.25, 0.3) is 0 Å². The Morgan fingerprint density at radius 1 is 1.18 bits per heavy atom. The molecular formula is C14H28N2O. The summed E-state index contributed by atoms with van der Waals surface area (Å²) in [4.78, 5) is 14.6. The largest absolute Gasteiger partial charge is 0.342 e. The summed E-state index contributed by atoms with van der Waals surface area (Å²) < 4.78 is 0. The predicted octanol–water partition coefficient (Wildman–Crippen LogP) is 2.54. The quantitative estimate of drug-likeness (QED) is 0.708. The smallest absolute Gasteiger partial charge is 0.230 e. The van der Waals surface area contributed by atoms with Gasteiger partial charge >= 0.3 is 0 Å². The molecule has 1 rings (SSSR count). The van der Waals surface area contributed by atoms with E-state index in [-0.39, 0.29) is 5.41 Å². The van der Waals surface area contributed by atoms with Crippen LogP contribution in [0.1, 0.15) is 58.8 Å². The van der Waals surface area contributed by atoms with Crippen molar-refractivity contribution in [1.82, 2.24) is 4.90 Å². The molecule has 3 heteroatoms. The van der Waals surface area contributed by atoms with Crippen molar-refractivity contribution in [2.24, 2.45) is 11.1 Å². The maximum absolute atomic E-state index is 12.5. The molecule has 1 aliphatic carbocycles. The highest BCUT2D eigenvalue weighted by Gasteiger charge is 2.44. The number of nitrogens with zero attached hydrogens (tertiary/aromatic N) is 1. The van der Waals surface area contributed by atoms with Gasteiger partial charge in [-0.3, -0.25) is 4.79 Å². The first-order valence-electron chi connectivity index (χ1n) is 7.19. The Bertz CT molecular complexity index is 223. The van der Waals surface area contributed by atoms with Gasteiger partial charge in [-0.1, -0.05) is 33.1 Å². The lowest BCUT2D eigenvalue weighted by molar-refractivity contribution is -0.146. The van der Waals surface area contributed by atoms with Crippen LogP contribution in [0.5, 0.6) is 0 Å². The summed E-state index contributed by atoms with van der Waals surface area (Å²) >= 11 is 0. The number of nitrogens with two attached hydrogens (primary N) is 1. The second-order valence-electron chi connectivity index (χ2n) is 5.34. The lowest BCUT2D eigenvalue weighted by atomic mass is 9.67. The molecule has 1 amide bonds. The summed E-state index contributed by atoms with van der Waals surface area (Å²) in [5.41, 5.74) is 5.62. The molecule has 0 aromatic carbocycles. The summed E-state index contributed by atoms with van der Waals surface area (Å²) in [6, 6.07) is 0. The lowest BCUT2D eigenvalue weighted by Gasteiger charge is -2.43. The van der Waals surface area contributed by atoms with Gasteiger partial charge < -0.3 is 10.6 Å². The fraction of sp³-hybridized carbons (Fsp3) is 0.929. The van der Waals surface area contributed by atoms with E-state index in [1.165, 1.54) is 6.42 Å². The zero-order chi connectivity index (χ0) is 12.7. The van der Waals surface area contributed by atoms with E-state index < -0.39 is 0 Å². The Morgan fingerprint density at radius 3 is 2.00 bits per heavy atom. The molecule has 0 atom stereocenters. The molecule has 0 unspecified atom stereocenters. The SMILES string of the molecule is CCCCN(CCCC)C(=O)C1(CN)CCC1. The summed E-state index contributed by atoms with van der Waals surface area (Å²) in [6.07, 6.45) is 7.66. The van der Waals surface area contributed by atoms with Crippen molar-refractivity contribution in [3.63, 3.8) is 0 Å². The number of carbonyl (C=O) groups is 1. The van der Waals surface area contributed by atoms with Crippen molar-refractivity contribution in [2.45, 2.75) is 58.8 Å². The van der Waals surface area contributed by atoms with Crippen molar-refractivity contribution in [2.75, 3.05) is 19.6 Å². The van der Waals surface area contributed by atoms with Gasteiger partial charge in [-0.05, 0) is 25.7 Å². The van der Waals surface area contributed by atoms with Crippen molar-refractivity contribution < 1.29 is 4.79 Å². The summed E-state index contributed by atoms with van der Waals surface area (Å²) in [5, 5.41) is 0. The lowest BCUT2D eigenvalue weighted by Crippen LogP contribution is -2.52. The molecule has 3 nitrogen and oxygen atoms in total. The third-order valence-electron chi connectivity index (χ3n) is 4.01. The van der Waals surface area contributed by atoms with Crippen LogP contribution in [0.15, 0.2) is 0 Å². The minimum absolute atomic E-state index is 0.193. The first-order chi connectivity index (χ1) is 8.20. The van der Waals surface area contributed by atoms with Gasteiger partial charge in [0, 0.05) is 19.6 Å². The van der Waals surface area contributed by atoms with E-state index in [1.54, 1.807) is 0 Å². The van der Waals surface area contributed by atoms with Crippen LogP contribution >= 0.6 is 0 Å². The highest BCUT2D eigenvalue weighted by atomic mass is 16.2. The van der Waals surface area contributed by atoms with Gasteiger partial charge in [0.25, 0.3) is 0 Å². The summed E-state index contributed by atoms with van der Waals surface area (Å²) in [7, 11) is 0. The molecule has 2 N–H and O–H groups in total. The second-order valence-corrected chi connectivity index (χ2v) is 5.34. The van der Waals surface area contributed by atoms with Gasteiger partial charge in [0.05, 0.1) is 5.41 Å². The molecule has 17 heavy (non-hydrogen) atoms. The molecule has 1 saturated carbocycles. The number of amides is 1. The monoisotopic (exact) mass is 240 g/mol. The van der Waals surface area contributed by atoms with Crippen molar-refractivity contribution in [3.8, 4) is 0 Å². The van der Waals surface area contributed by atoms with E-state index in [2.05, 4.69) is 18.7 Å². The zero-order valence-electron chi connectivity index (χ0n) is 11.5. The third-order valence-corrected chi connectivity index (χ3v) is 4.01. The van der Waals surface area contributed by atoms with E-state index in [9.17, 15) is 4.79 Å². The van der Waals surface area contributed by atoms with Crippen LogP contribution in [0.3, 0.4) is 0 Å². The van der Waals surface area contributed by atoms with Crippen LogP contribution in [0.2, 0.25) is 0 Å². The third kappa shape index (κ3) is 3.44. The number of unbranched alkanes of at least 4 members (excludes halogenated alkanes) is 2. The molecular weight excluding hydrogens is 212 g/mol. The molecule has 100 valence electrons. The Balaban J connectivity index is 2.57. The first-order valence-corrected chi connectivity index (χ1v) is 7.19. The number of hydrogen-bond acceptors (Lipinski definition) is 2. The van der Waals surface area contributed by atoms with Crippen molar-refractivity contribution >= 4 is 5.91 Å². The second kappa shape index (κ2) is 7.00. The number of rotatable bonds is 8. The molecule has 0 aliphatic heterocycles. The van der Waals surface area contributed by atoms with Gasteiger partial charge in [-0.15, -0.1) is 0 Å². The minimum Gasteiger partial charge on any atom is -0.342 e. The first kappa shape index (κ1) is 14.5. The molecule has 0 spiro atoms. The van der Waals surface area contributed by atoms with E-state index in [1.807, 2.05) is 0 Å². The van der Waals surface area contributed by atoms with Gasteiger partial charge in [0.2, 0.25) is 5.91 Å². The van der Waals surface area contributed by atoms with E-state index in [0.717, 1.165) is 51.6 Å². The van der Waals surface area contributed by atoms with Gasteiger partial charge in [-0.25, -0.2) is 0 Å². The zero-order valence-corrected chi connectivity index (χ0v) is 11.5. The molecule has 0 bridgehead atoms. The maximum Gasteiger partial charge on any atom is 0.230 e. The molecule has 1 aliphatic rings. The molecule has 1 fully saturated rings. The van der Waals surface area contributed by atoms with Crippen LogP contribution in [-0.2, 0) is 4.79 Å². The number of carbonyl (C=O) groups excluding carboxylic acids is 1. The van der Waals surface area contributed by atoms with E-state index in [4.69, 9.17) is 5.73 Å². The maximum atomic E-state index is 12.5. The van der Waals surface area contributed by atoms with Gasteiger partial charge in [-0.2, -0.15) is 0 Å². The van der Waals surface area contributed by atoms with E-state index in [0.29, 0.717) is 12.5 Å². The highest BCUT2D eigenvalue weighted by Crippen LogP contribution is 2.41. The van der Waals surface area contributed by atoms with Gasteiger partial charge in [0.1, 0.15) is 0 Å². The van der Waals surface area contributed by atoms with Crippen LogP contribution in [-0.4, -0.2) is 30.4 Å². The Morgan fingerprint density at radius 2 is 1.71 bits per heavy atom. The van der Waals surface area contributed by atoms with Gasteiger partial charge in [0.15, 0.2) is 0 Å². The summed E-state index contributed by atoms with van der Waals surface area (Å²) in [5.74, 6) is 0.327. The fourth-order valence-electron chi connectivity index (χ4n) is 2.46. The summed E-state index contributed by atoms with van der Waals surface area (Å²) in [6.45, 7) is 6.70. The van der Waals surface area contributed by atoms with Crippen LogP contribution in [0.4, 0.5) is 0 Å². The van der Waals surface area contributed by atoms with Crippen LogP contribution in [0, 0.1) is 5.41 Å². The highest BCUT2D eigenvalue weighted by molar-refractivity contribution is 5.84. The fourth-order valence-corrected chi connectivity index (χ4v) is 2.46. The minimum atomic E-state index is -0.193. The Labute approximate surface area is 106 Å². The molecule has 0 aromatic rings. The Kier molecular flexibility index (Phi) is 5.96. The average Bonchev–Trinajstić information content (AvgIpc) is 2.28.